The van der Waals surface area contributed by atoms with Gasteiger partial charge >= 0.3 is 0 Å². The lowest BCUT2D eigenvalue weighted by molar-refractivity contribution is -0.0128. The van der Waals surface area contributed by atoms with E-state index in [1.165, 1.54) is 5.56 Å². The fourth-order valence-electron chi connectivity index (χ4n) is 2.23. The molecule has 2 unspecified atom stereocenters. The van der Waals surface area contributed by atoms with Gasteiger partial charge in [-0.1, -0.05) is 60.2 Å². The van der Waals surface area contributed by atoms with E-state index >= 15 is 0 Å². The lowest BCUT2D eigenvalue weighted by Gasteiger charge is -2.22. The van der Waals surface area contributed by atoms with Crippen LogP contribution < -0.4 is 0 Å². The molecule has 0 fully saturated rings. The Labute approximate surface area is 114 Å². The zero-order valence-corrected chi connectivity index (χ0v) is 11.4. The van der Waals surface area contributed by atoms with Crippen molar-refractivity contribution in [2.24, 2.45) is 0 Å². The van der Waals surface area contributed by atoms with Crippen LogP contribution in [0.5, 0.6) is 0 Å². The van der Waals surface area contributed by atoms with E-state index in [-0.39, 0.29) is 6.10 Å². The largest absolute Gasteiger partial charge is 0.390 e. The monoisotopic (exact) mass is 256 g/mol. The molecule has 1 N–H and O–H groups in total. The molecule has 2 heteroatoms. The van der Waals surface area contributed by atoms with Crippen molar-refractivity contribution < 1.29 is 9.84 Å². The maximum atomic E-state index is 10.4. The predicted octanol–water partition coefficient (Wildman–Crippen LogP) is 3.29. The van der Waals surface area contributed by atoms with Crippen LogP contribution in [0, 0.1) is 6.92 Å². The van der Waals surface area contributed by atoms with Crippen LogP contribution in [0.4, 0.5) is 0 Å². The summed E-state index contributed by atoms with van der Waals surface area (Å²) in [6.07, 6.45) is -0.245. The maximum absolute atomic E-state index is 10.4. The number of aliphatic hydroxyl groups is 1. The van der Waals surface area contributed by atoms with Crippen LogP contribution >= 0.6 is 0 Å². The highest BCUT2D eigenvalue weighted by molar-refractivity contribution is 5.24. The van der Waals surface area contributed by atoms with Crippen LogP contribution in [0.15, 0.2) is 54.6 Å². The molecule has 0 aromatic heterocycles. The molecule has 2 rings (SSSR count). The molecule has 0 spiro atoms. The van der Waals surface area contributed by atoms with Gasteiger partial charge in [-0.15, -0.1) is 0 Å². The number of rotatable bonds is 5. The first-order chi connectivity index (χ1) is 9.20. The predicted molar refractivity (Wildman–Crippen MR) is 77.1 cm³/mol. The van der Waals surface area contributed by atoms with E-state index in [2.05, 4.69) is 31.2 Å². The summed E-state index contributed by atoms with van der Waals surface area (Å²) in [5.74, 6) is 0. The first kappa shape index (κ1) is 13.8. The van der Waals surface area contributed by atoms with Crippen LogP contribution in [0.1, 0.15) is 22.8 Å². The smallest absolute Gasteiger partial charge is 0.108 e. The second-order valence-corrected chi connectivity index (χ2v) is 4.82. The summed E-state index contributed by atoms with van der Waals surface area (Å²) in [4.78, 5) is 0. The van der Waals surface area contributed by atoms with Crippen molar-refractivity contribution in [2.75, 3.05) is 7.11 Å². The van der Waals surface area contributed by atoms with E-state index in [0.29, 0.717) is 6.42 Å². The van der Waals surface area contributed by atoms with Crippen molar-refractivity contribution in [2.45, 2.75) is 25.6 Å². The quantitative estimate of drug-likeness (QED) is 0.889. The number of hydrogen-bond donors (Lipinski definition) is 1. The molecule has 0 aliphatic rings. The highest BCUT2D eigenvalue weighted by atomic mass is 16.5. The van der Waals surface area contributed by atoms with E-state index in [1.54, 1.807) is 7.11 Å². The number of methoxy groups -OCH3 is 1. The zero-order chi connectivity index (χ0) is 13.7. The minimum absolute atomic E-state index is 0.289. The van der Waals surface area contributed by atoms with Gasteiger partial charge in [0.15, 0.2) is 0 Å². The van der Waals surface area contributed by atoms with Crippen molar-refractivity contribution in [1.82, 2.24) is 0 Å². The molecule has 19 heavy (non-hydrogen) atoms. The lowest BCUT2D eigenvalue weighted by atomic mass is 9.98. The van der Waals surface area contributed by atoms with Crippen LogP contribution in [0.3, 0.4) is 0 Å². The molecule has 0 aliphatic carbocycles. The van der Waals surface area contributed by atoms with E-state index in [1.807, 2.05) is 30.3 Å². The van der Waals surface area contributed by atoms with E-state index in [4.69, 9.17) is 4.74 Å². The van der Waals surface area contributed by atoms with Crippen molar-refractivity contribution in [3.63, 3.8) is 0 Å². The minimum Gasteiger partial charge on any atom is -0.390 e. The van der Waals surface area contributed by atoms with Gasteiger partial charge in [-0.25, -0.2) is 0 Å². The molecular formula is C17H20O2. The third-order valence-corrected chi connectivity index (χ3v) is 3.30. The van der Waals surface area contributed by atoms with Gasteiger partial charge in [0.2, 0.25) is 0 Å². The Balaban J connectivity index is 2.09. The summed E-state index contributed by atoms with van der Waals surface area (Å²) in [7, 11) is 1.63. The van der Waals surface area contributed by atoms with Crippen molar-refractivity contribution in [1.29, 1.82) is 0 Å². The Morgan fingerprint density at radius 1 is 1.00 bits per heavy atom. The number of aliphatic hydroxyl groups excluding tert-OH is 1. The summed E-state index contributed by atoms with van der Waals surface area (Å²) >= 11 is 0. The molecule has 2 atom stereocenters. The fraction of sp³-hybridized carbons (Fsp3) is 0.294. The third-order valence-electron chi connectivity index (χ3n) is 3.30. The summed E-state index contributed by atoms with van der Waals surface area (Å²) < 4.78 is 5.44. The maximum Gasteiger partial charge on any atom is 0.108 e. The molecule has 0 saturated carbocycles. The van der Waals surface area contributed by atoms with E-state index < -0.39 is 6.10 Å². The van der Waals surface area contributed by atoms with Gasteiger partial charge in [0.1, 0.15) is 6.10 Å². The van der Waals surface area contributed by atoms with E-state index in [0.717, 1.165) is 11.1 Å². The van der Waals surface area contributed by atoms with Gasteiger partial charge in [0.25, 0.3) is 0 Å². The molecule has 0 heterocycles. The molecule has 0 aliphatic heterocycles. The van der Waals surface area contributed by atoms with Gasteiger partial charge in [-0.05, 0) is 18.1 Å². The topological polar surface area (TPSA) is 29.5 Å². The summed E-state index contributed by atoms with van der Waals surface area (Å²) in [5.41, 5.74) is 3.35. The molecule has 2 aromatic rings. The highest BCUT2D eigenvalue weighted by Crippen LogP contribution is 2.23. The molecule has 0 bridgehead atoms. The molecule has 0 amide bonds. The second kappa shape index (κ2) is 6.50. The summed E-state index contributed by atoms with van der Waals surface area (Å²) in [6.45, 7) is 2.06. The summed E-state index contributed by atoms with van der Waals surface area (Å²) in [6, 6.07) is 18.1. The lowest BCUT2D eigenvalue weighted by Crippen LogP contribution is -2.22. The van der Waals surface area contributed by atoms with Crippen molar-refractivity contribution in [3.05, 3.63) is 71.3 Å². The highest BCUT2D eigenvalue weighted by Gasteiger charge is 2.20. The number of hydrogen-bond acceptors (Lipinski definition) is 2. The summed E-state index contributed by atoms with van der Waals surface area (Å²) in [5, 5.41) is 10.4. The number of ether oxygens (including phenoxy) is 1. The van der Waals surface area contributed by atoms with Crippen molar-refractivity contribution >= 4 is 0 Å². The van der Waals surface area contributed by atoms with Gasteiger partial charge in [-0.3, -0.25) is 0 Å². The van der Waals surface area contributed by atoms with E-state index in [9.17, 15) is 5.11 Å². The Morgan fingerprint density at radius 3 is 2.21 bits per heavy atom. The second-order valence-electron chi connectivity index (χ2n) is 4.82. The standard InChI is InChI=1S/C17H20O2/c1-13-8-10-14(11-9-13)12-16(18)17(19-2)15-6-4-3-5-7-15/h3-11,16-18H,12H2,1-2H3. The Hall–Kier alpha value is -1.64. The van der Waals surface area contributed by atoms with Gasteiger partial charge < -0.3 is 9.84 Å². The van der Waals surface area contributed by atoms with Crippen LogP contribution in [0.25, 0.3) is 0 Å². The first-order valence-corrected chi connectivity index (χ1v) is 6.52. The average Bonchev–Trinajstić information content (AvgIpc) is 2.43. The van der Waals surface area contributed by atoms with Crippen LogP contribution in [0.2, 0.25) is 0 Å². The molecule has 0 saturated heterocycles. The SMILES string of the molecule is COC(c1ccccc1)C(O)Cc1ccc(C)cc1. The Kier molecular flexibility index (Phi) is 4.72. The van der Waals surface area contributed by atoms with Gasteiger partial charge in [-0.2, -0.15) is 0 Å². The zero-order valence-electron chi connectivity index (χ0n) is 11.4. The Morgan fingerprint density at radius 2 is 1.63 bits per heavy atom. The van der Waals surface area contributed by atoms with Crippen LogP contribution in [-0.2, 0) is 11.2 Å². The average molecular weight is 256 g/mol. The normalized spacial score (nSPS) is 14.1. The molecular weight excluding hydrogens is 236 g/mol. The van der Waals surface area contributed by atoms with Crippen LogP contribution in [-0.4, -0.2) is 18.3 Å². The fourth-order valence-corrected chi connectivity index (χ4v) is 2.23. The minimum atomic E-state index is -0.546. The number of benzene rings is 2. The molecule has 0 radical (unpaired) electrons. The molecule has 2 aromatic carbocycles. The van der Waals surface area contributed by atoms with Gasteiger partial charge in [0.05, 0.1) is 6.10 Å². The first-order valence-electron chi connectivity index (χ1n) is 6.52. The molecule has 2 nitrogen and oxygen atoms in total. The van der Waals surface area contributed by atoms with Gasteiger partial charge in [0, 0.05) is 13.5 Å². The molecule has 100 valence electrons. The number of aryl methyl sites for hydroxylation is 1. The third kappa shape index (κ3) is 3.66. The Bertz CT molecular complexity index is 490. The van der Waals surface area contributed by atoms with Crippen molar-refractivity contribution in [3.8, 4) is 0 Å².